The first-order valence-electron chi connectivity index (χ1n) is 4.90. The third kappa shape index (κ3) is 3.78. The smallest absolute Gasteiger partial charge is 0.493 e. The number of ether oxygens (including phenoxy) is 2. The minimum Gasteiger partial charge on any atom is -0.493 e. The van der Waals surface area contributed by atoms with Crippen LogP contribution in [0.15, 0.2) is 24.3 Å². The number of rotatable bonds is 4. The summed E-state index contributed by atoms with van der Waals surface area (Å²) in [7, 11) is 1.50. The van der Waals surface area contributed by atoms with E-state index in [0.717, 1.165) is 0 Å². The van der Waals surface area contributed by atoms with Crippen LogP contribution >= 0.6 is 0 Å². The summed E-state index contributed by atoms with van der Waals surface area (Å²) in [4.78, 5) is 15.9. The van der Waals surface area contributed by atoms with Gasteiger partial charge in [-0.1, -0.05) is 12.1 Å². The van der Waals surface area contributed by atoms with Crippen LogP contribution in [0.25, 0.3) is 0 Å². The lowest BCUT2D eigenvalue weighted by Crippen LogP contribution is -2.28. The molecule has 0 aliphatic carbocycles. The molecule has 0 spiro atoms. The fourth-order valence-corrected chi connectivity index (χ4v) is 0.980. The maximum Gasteiger partial charge on any atom is 0.533 e. The predicted octanol–water partition coefficient (Wildman–Crippen LogP) is 2.12. The maximum atomic E-state index is 11.2. The van der Waals surface area contributed by atoms with Gasteiger partial charge in [0.2, 0.25) is 0 Å². The summed E-state index contributed by atoms with van der Waals surface area (Å²) in [6.45, 7) is 3.69. The van der Waals surface area contributed by atoms with Crippen molar-refractivity contribution in [3.05, 3.63) is 24.3 Å². The zero-order valence-corrected chi connectivity index (χ0v) is 9.52. The molecule has 5 heteroatoms. The number of nitrogens with one attached hydrogen (secondary N) is 1. The number of carbonyl (C=O) groups is 1. The molecule has 1 aromatic rings. The average Bonchev–Trinajstić information content (AvgIpc) is 2.27. The summed E-state index contributed by atoms with van der Waals surface area (Å²) in [5.41, 5.74) is 2.49. The highest BCUT2D eigenvalue weighted by Gasteiger charge is 2.10. The molecule has 1 rings (SSSR count). The second-order valence-corrected chi connectivity index (χ2v) is 3.38. The lowest BCUT2D eigenvalue weighted by molar-refractivity contribution is 0.0387. The molecule has 0 aliphatic rings. The normalized spacial score (nSPS) is 10.0. The fourth-order valence-electron chi connectivity index (χ4n) is 0.980. The Morgan fingerprint density at radius 1 is 1.25 bits per heavy atom. The monoisotopic (exact) mass is 225 g/mol. The van der Waals surface area contributed by atoms with E-state index < -0.39 is 6.16 Å². The standard InChI is InChI=1S/C11H15NO4/c1-8(2)12-16-11(13)15-10-7-5-4-6-9(10)14-3/h4-8,12H,1-3H3. The largest absolute Gasteiger partial charge is 0.533 e. The summed E-state index contributed by atoms with van der Waals surface area (Å²) in [5.74, 6) is 0.796. The number of hydrogen-bond acceptors (Lipinski definition) is 5. The number of hydroxylamine groups is 1. The van der Waals surface area contributed by atoms with E-state index in [1.165, 1.54) is 7.11 Å². The average molecular weight is 225 g/mol. The van der Waals surface area contributed by atoms with E-state index in [2.05, 4.69) is 10.3 Å². The van der Waals surface area contributed by atoms with Crippen molar-refractivity contribution in [2.45, 2.75) is 19.9 Å². The summed E-state index contributed by atoms with van der Waals surface area (Å²) < 4.78 is 9.96. The first kappa shape index (κ1) is 12.3. The number of hydrogen-bond donors (Lipinski definition) is 1. The Morgan fingerprint density at radius 3 is 2.44 bits per heavy atom. The van der Waals surface area contributed by atoms with Gasteiger partial charge in [0.05, 0.1) is 7.11 Å². The molecule has 0 aromatic heterocycles. The van der Waals surface area contributed by atoms with E-state index in [0.29, 0.717) is 11.5 Å². The van der Waals surface area contributed by atoms with Crippen molar-refractivity contribution in [2.24, 2.45) is 0 Å². The Morgan fingerprint density at radius 2 is 1.88 bits per heavy atom. The highest BCUT2D eigenvalue weighted by atomic mass is 16.8. The molecule has 0 radical (unpaired) electrons. The van der Waals surface area contributed by atoms with Gasteiger partial charge >= 0.3 is 6.16 Å². The lowest BCUT2D eigenvalue weighted by atomic mass is 10.3. The van der Waals surface area contributed by atoms with Crippen LogP contribution in [-0.2, 0) is 4.84 Å². The molecule has 0 bridgehead atoms. The van der Waals surface area contributed by atoms with Crippen molar-refractivity contribution < 1.29 is 19.1 Å². The quantitative estimate of drug-likeness (QED) is 0.483. The van der Waals surface area contributed by atoms with Gasteiger partial charge in [-0.15, -0.1) is 5.48 Å². The SMILES string of the molecule is COc1ccccc1OC(=O)ONC(C)C. The molecule has 0 saturated heterocycles. The van der Waals surface area contributed by atoms with Crippen LogP contribution < -0.4 is 15.0 Å². The van der Waals surface area contributed by atoms with Crippen molar-refractivity contribution in [3.8, 4) is 11.5 Å². The Kier molecular flexibility index (Phi) is 4.60. The molecular formula is C11H15NO4. The maximum absolute atomic E-state index is 11.2. The Labute approximate surface area is 94.3 Å². The molecule has 0 atom stereocenters. The summed E-state index contributed by atoms with van der Waals surface area (Å²) >= 11 is 0. The van der Waals surface area contributed by atoms with Crippen molar-refractivity contribution in [1.82, 2.24) is 5.48 Å². The molecule has 0 fully saturated rings. The van der Waals surface area contributed by atoms with Crippen LogP contribution in [0, 0.1) is 0 Å². The van der Waals surface area contributed by atoms with Crippen molar-refractivity contribution >= 4 is 6.16 Å². The highest BCUT2D eigenvalue weighted by Crippen LogP contribution is 2.25. The Bertz CT molecular complexity index is 352. The van der Waals surface area contributed by atoms with Gasteiger partial charge in [-0.25, -0.2) is 4.79 Å². The summed E-state index contributed by atoms with van der Waals surface area (Å²) in [6, 6.07) is 6.86. The number of benzene rings is 1. The third-order valence-corrected chi connectivity index (χ3v) is 1.64. The predicted molar refractivity (Wildman–Crippen MR) is 58.4 cm³/mol. The van der Waals surface area contributed by atoms with E-state index in [9.17, 15) is 4.79 Å². The van der Waals surface area contributed by atoms with Gasteiger partial charge in [0, 0.05) is 6.04 Å². The molecule has 88 valence electrons. The van der Waals surface area contributed by atoms with E-state index in [1.54, 1.807) is 24.3 Å². The van der Waals surface area contributed by atoms with Crippen molar-refractivity contribution in [1.29, 1.82) is 0 Å². The molecule has 0 heterocycles. The second-order valence-electron chi connectivity index (χ2n) is 3.38. The van der Waals surface area contributed by atoms with Gasteiger partial charge in [0.25, 0.3) is 0 Å². The molecule has 0 saturated carbocycles. The second kappa shape index (κ2) is 5.97. The lowest BCUT2D eigenvalue weighted by Gasteiger charge is -2.10. The minimum absolute atomic E-state index is 0.0326. The molecule has 0 amide bonds. The Balaban J connectivity index is 2.55. The van der Waals surface area contributed by atoms with Gasteiger partial charge in [0.1, 0.15) is 0 Å². The van der Waals surface area contributed by atoms with Gasteiger partial charge < -0.3 is 14.3 Å². The summed E-state index contributed by atoms with van der Waals surface area (Å²) in [6.07, 6.45) is -0.821. The zero-order chi connectivity index (χ0) is 12.0. The minimum atomic E-state index is -0.821. The fraction of sp³-hybridized carbons (Fsp3) is 0.364. The van der Waals surface area contributed by atoms with Gasteiger partial charge in [-0.2, -0.15) is 0 Å². The van der Waals surface area contributed by atoms with E-state index in [4.69, 9.17) is 9.47 Å². The molecule has 1 aromatic carbocycles. The van der Waals surface area contributed by atoms with E-state index in [-0.39, 0.29) is 6.04 Å². The van der Waals surface area contributed by atoms with Crippen LogP contribution in [-0.4, -0.2) is 19.3 Å². The highest BCUT2D eigenvalue weighted by molar-refractivity contribution is 5.65. The van der Waals surface area contributed by atoms with Gasteiger partial charge in [-0.3, -0.25) is 0 Å². The van der Waals surface area contributed by atoms with E-state index in [1.807, 2.05) is 13.8 Å². The number of methoxy groups -OCH3 is 1. The molecule has 0 aliphatic heterocycles. The zero-order valence-electron chi connectivity index (χ0n) is 9.52. The third-order valence-electron chi connectivity index (χ3n) is 1.64. The molecule has 16 heavy (non-hydrogen) atoms. The molecular weight excluding hydrogens is 210 g/mol. The van der Waals surface area contributed by atoms with Crippen molar-refractivity contribution in [3.63, 3.8) is 0 Å². The molecule has 5 nitrogen and oxygen atoms in total. The van der Waals surface area contributed by atoms with Crippen LogP contribution in [0.5, 0.6) is 11.5 Å². The van der Waals surface area contributed by atoms with Crippen LogP contribution in [0.4, 0.5) is 4.79 Å². The molecule has 1 N–H and O–H groups in total. The first-order chi connectivity index (χ1) is 7.63. The number of carbonyl (C=O) groups excluding carboxylic acids is 1. The van der Waals surface area contributed by atoms with Crippen LogP contribution in [0.2, 0.25) is 0 Å². The van der Waals surface area contributed by atoms with Gasteiger partial charge in [0.15, 0.2) is 11.5 Å². The van der Waals surface area contributed by atoms with E-state index >= 15 is 0 Å². The molecule has 0 unspecified atom stereocenters. The topological polar surface area (TPSA) is 56.8 Å². The summed E-state index contributed by atoms with van der Waals surface area (Å²) in [5, 5.41) is 0. The van der Waals surface area contributed by atoms with Gasteiger partial charge in [-0.05, 0) is 26.0 Å². The number of para-hydroxylation sites is 2. The first-order valence-corrected chi connectivity index (χ1v) is 4.90. The van der Waals surface area contributed by atoms with Crippen LogP contribution in [0.1, 0.15) is 13.8 Å². The Hall–Kier alpha value is -1.75. The van der Waals surface area contributed by atoms with Crippen molar-refractivity contribution in [2.75, 3.05) is 7.11 Å². The van der Waals surface area contributed by atoms with Crippen LogP contribution in [0.3, 0.4) is 0 Å².